The number of rotatable bonds is 4. The highest BCUT2D eigenvalue weighted by Gasteiger charge is 2.25. The van der Waals surface area contributed by atoms with Crippen molar-refractivity contribution in [3.63, 3.8) is 0 Å². The van der Waals surface area contributed by atoms with Crippen LogP contribution in [0.3, 0.4) is 0 Å². The molecule has 0 saturated heterocycles. The van der Waals surface area contributed by atoms with Gasteiger partial charge in [-0.15, -0.1) is 0 Å². The number of fused-ring (bicyclic) bond motifs is 3. The second-order valence-electron chi connectivity index (χ2n) is 6.51. The molecule has 132 valence electrons. The van der Waals surface area contributed by atoms with Crippen molar-refractivity contribution in [2.45, 2.75) is 32.3 Å². The minimum atomic E-state index is -1.13. The van der Waals surface area contributed by atoms with Crippen molar-refractivity contribution in [3.8, 4) is 5.75 Å². The second-order valence-corrected chi connectivity index (χ2v) is 6.51. The van der Waals surface area contributed by atoms with E-state index in [9.17, 15) is 14.7 Å². The van der Waals surface area contributed by atoms with E-state index in [0.717, 1.165) is 35.8 Å². The molecule has 3 aromatic rings. The molecule has 0 saturated carbocycles. The summed E-state index contributed by atoms with van der Waals surface area (Å²) in [5.41, 5.74) is 3.17. The zero-order chi connectivity index (χ0) is 18.3. The number of aliphatic carboxylic acids is 1. The number of hydrogen-bond acceptors (Lipinski definition) is 4. The van der Waals surface area contributed by atoms with E-state index in [2.05, 4.69) is 0 Å². The van der Waals surface area contributed by atoms with Crippen molar-refractivity contribution in [2.75, 3.05) is 0 Å². The van der Waals surface area contributed by atoms with Crippen LogP contribution in [0.25, 0.3) is 11.0 Å². The Balaban J connectivity index is 1.80. The fourth-order valence-corrected chi connectivity index (χ4v) is 3.61. The highest BCUT2D eigenvalue weighted by Crippen LogP contribution is 2.34. The number of hydrogen-bond donors (Lipinski definition) is 1. The van der Waals surface area contributed by atoms with Gasteiger partial charge in [0.15, 0.2) is 0 Å². The third kappa shape index (κ3) is 2.65. The first kappa shape index (κ1) is 16.4. The van der Waals surface area contributed by atoms with E-state index < -0.39 is 12.1 Å². The minimum absolute atomic E-state index is 0.303. The van der Waals surface area contributed by atoms with Crippen LogP contribution in [0.5, 0.6) is 5.75 Å². The average molecular weight is 350 g/mol. The maximum absolute atomic E-state index is 12.2. The van der Waals surface area contributed by atoms with Crippen LogP contribution < -0.4 is 10.4 Å². The number of carbonyl (C=O) groups is 1. The molecule has 1 aromatic heterocycles. The molecule has 0 spiro atoms. The Bertz CT molecular complexity index is 1050. The number of benzene rings is 2. The molecular formula is C21H18O5. The van der Waals surface area contributed by atoms with Crippen molar-refractivity contribution in [2.24, 2.45) is 0 Å². The van der Waals surface area contributed by atoms with E-state index in [1.807, 2.05) is 12.1 Å². The van der Waals surface area contributed by atoms with Crippen LogP contribution in [-0.2, 0) is 17.6 Å². The number of carboxylic acids is 1. The maximum Gasteiger partial charge on any atom is 0.349 e. The molecule has 1 N–H and O–H groups in total. The van der Waals surface area contributed by atoms with E-state index in [-0.39, 0.29) is 5.63 Å². The molecule has 0 amide bonds. The highest BCUT2D eigenvalue weighted by atomic mass is 16.5. The Morgan fingerprint density at radius 2 is 1.85 bits per heavy atom. The summed E-state index contributed by atoms with van der Waals surface area (Å²) in [7, 11) is 0. The number of aryl methyl sites for hydroxylation is 2. The quantitative estimate of drug-likeness (QED) is 0.724. The van der Waals surface area contributed by atoms with Crippen LogP contribution >= 0.6 is 0 Å². The lowest BCUT2D eigenvalue weighted by atomic mass is 10.0. The lowest BCUT2D eigenvalue weighted by Gasteiger charge is -2.18. The van der Waals surface area contributed by atoms with Gasteiger partial charge in [0.1, 0.15) is 11.3 Å². The van der Waals surface area contributed by atoms with Gasteiger partial charge >= 0.3 is 11.6 Å². The van der Waals surface area contributed by atoms with E-state index in [4.69, 9.17) is 9.15 Å². The molecule has 1 heterocycles. The maximum atomic E-state index is 12.2. The smallest absolute Gasteiger partial charge is 0.349 e. The van der Waals surface area contributed by atoms with E-state index in [1.54, 1.807) is 37.3 Å². The van der Waals surface area contributed by atoms with Gasteiger partial charge in [-0.3, -0.25) is 0 Å². The van der Waals surface area contributed by atoms with Crippen LogP contribution in [0, 0.1) is 6.92 Å². The molecule has 2 aromatic carbocycles. The Morgan fingerprint density at radius 3 is 2.58 bits per heavy atom. The van der Waals surface area contributed by atoms with Crippen LogP contribution in [-0.4, -0.2) is 11.1 Å². The molecule has 4 rings (SSSR count). The summed E-state index contributed by atoms with van der Waals surface area (Å²) in [6.07, 6.45) is 1.43. The third-order valence-electron chi connectivity index (χ3n) is 4.91. The summed E-state index contributed by atoms with van der Waals surface area (Å²) >= 11 is 0. The van der Waals surface area contributed by atoms with Crippen molar-refractivity contribution in [1.82, 2.24) is 0 Å². The summed E-state index contributed by atoms with van der Waals surface area (Å²) in [6.45, 7) is 1.78. The van der Waals surface area contributed by atoms with Gasteiger partial charge in [-0.25, -0.2) is 9.59 Å². The lowest BCUT2D eigenvalue weighted by Crippen LogP contribution is -2.18. The largest absolute Gasteiger partial charge is 0.478 e. The SMILES string of the molecule is Cc1c(O[C@@H](C(=O)O)c2ccccc2)ccc2c3c(c(=O)oc12)CCC3. The second kappa shape index (κ2) is 6.33. The van der Waals surface area contributed by atoms with Gasteiger partial charge < -0.3 is 14.3 Å². The van der Waals surface area contributed by atoms with E-state index >= 15 is 0 Å². The first-order valence-corrected chi connectivity index (χ1v) is 8.59. The summed E-state index contributed by atoms with van der Waals surface area (Å²) in [6, 6.07) is 12.4. The fourth-order valence-electron chi connectivity index (χ4n) is 3.61. The van der Waals surface area contributed by atoms with Crippen LogP contribution in [0.1, 0.15) is 34.8 Å². The van der Waals surface area contributed by atoms with Crippen LogP contribution in [0.4, 0.5) is 0 Å². The van der Waals surface area contributed by atoms with Gasteiger partial charge in [-0.2, -0.15) is 0 Å². The summed E-state index contributed by atoms with van der Waals surface area (Å²) in [5.74, 6) is -0.680. The van der Waals surface area contributed by atoms with Gasteiger partial charge in [0.25, 0.3) is 0 Å². The van der Waals surface area contributed by atoms with E-state index in [1.165, 1.54) is 0 Å². The standard InChI is InChI=1S/C21H18O5/c1-12-17(25-19(20(22)23)13-6-3-2-4-7-13)11-10-15-14-8-5-9-16(14)21(24)26-18(12)15/h2-4,6-7,10-11,19H,5,8-9H2,1H3,(H,22,23)/t19-/m1/s1. The van der Waals surface area contributed by atoms with Gasteiger partial charge in [0.05, 0.1) is 0 Å². The van der Waals surface area contributed by atoms with Gasteiger partial charge in [0.2, 0.25) is 6.10 Å². The predicted octanol–water partition coefficient (Wildman–Crippen LogP) is 3.79. The molecule has 5 heteroatoms. The molecule has 0 unspecified atom stereocenters. The molecule has 1 aliphatic rings. The molecule has 0 fully saturated rings. The van der Waals surface area contributed by atoms with Gasteiger partial charge in [-0.05, 0) is 43.9 Å². The number of carboxylic acid groups (broad SMARTS) is 1. The molecule has 26 heavy (non-hydrogen) atoms. The predicted molar refractivity (Wildman–Crippen MR) is 96.7 cm³/mol. The van der Waals surface area contributed by atoms with E-state index in [0.29, 0.717) is 22.5 Å². The molecule has 5 nitrogen and oxygen atoms in total. The average Bonchev–Trinajstić information content (AvgIpc) is 3.13. The fraction of sp³-hybridized carbons (Fsp3) is 0.238. The first-order valence-electron chi connectivity index (χ1n) is 8.59. The zero-order valence-corrected chi connectivity index (χ0v) is 14.3. The molecule has 0 radical (unpaired) electrons. The molecule has 1 aliphatic carbocycles. The molecular weight excluding hydrogens is 332 g/mol. The summed E-state index contributed by atoms with van der Waals surface area (Å²) < 4.78 is 11.3. The number of ether oxygens (including phenoxy) is 1. The van der Waals surface area contributed by atoms with Crippen molar-refractivity contribution < 1.29 is 19.1 Å². The summed E-state index contributed by atoms with van der Waals surface area (Å²) in [5, 5.41) is 10.5. The summed E-state index contributed by atoms with van der Waals surface area (Å²) in [4.78, 5) is 23.9. The first-order chi connectivity index (χ1) is 12.6. The lowest BCUT2D eigenvalue weighted by molar-refractivity contribution is -0.145. The Labute approximate surface area is 149 Å². The van der Waals surface area contributed by atoms with Crippen molar-refractivity contribution in [3.05, 3.63) is 75.1 Å². The molecule has 1 atom stereocenters. The Kier molecular flexibility index (Phi) is 3.99. The normalized spacial score (nSPS) is 14.2. The van der Waals surface area contributed by atoms with Gasteiger partial charge in [-0.1, -0.05) is 30.3 Å². The highest BCUT2D eigenvalue weighted by molar-refractivity contribution is 5.86. The topological polar surface area (TPSA) is 76.7 Å². The minimum Gasteiger partial charge on any atom is -0.478 e. The van der Waals surface area contributed by atoms with Crippen molar-refractivity contribution in [1.29, 1.82) is 0 Å². The van der Waals surface area contributed by atoms with Gasteiger partial charge in [0, 0.05) is 22.1 Å². The Morgan fingerprint density at radius 1 is 1.12 bits per heavy atom. The third-order valence-corrected chi connectivity index (χ3v) is 4.91. The Hall–Kier alpha value is -3.08. The molecule has 0 aliphatic heterocycles. The molecule has 0 bridgehead atoms. The van der Waals surface area contributed by atoms with Crippen LogP contribution in [0.15, 0.2) is 51.7 Å². The zero-order valence-electron chi connectivity index (χ0n) is 14.3. The van der Waals surface area contributed by atoms with Crippen LogP contribution in [0.2, 0.25) is 0 Å². The monoisotopic (exact) mass is 350 g/mol. The van der Waals surface area contributed by atoms with Crippen molar-refractivity contribution >= 4 is 16.9 Å².